The van der Waals surface area contributed by atoms with E-state index in [1.54, 1.807) is 18.7 Å². The maximum atomic E-state index is 11.3. The monoisotopic (exact) mass is 253 g/mol. The average Bonchev–Trinajstić information content (AvgIpc) is 2.27. The molecule has 0 fully saturated rings. The minimum Gasteiger partial charge on any atom is -0.465 e. The van der Waals surface area contributed by atoms with Crippen LogP contribution in [0.15, 0.2) is 23.1 Å². The number of aryl methyl sites for hydroxylation is 2. The lowest BCUT2D eigenvalue weighted by Crippen LogP contribution is -2.34. The Morgan fingerprint density at radius 1 is 1.47 bits per heavy atom. The van der Waals surface area contributed by atoms with Crippen molar-refractivity contribution in [3.63, 3.8) is 0 Å². The highest BCUT2D eigenvalue weighted by atomic mass is 32.2. The second-order valence-corrected chi connectivity index (χ2v) is 5.00. The predicted octanol–water partition coefficient (Wildman–Crippen LogP) is 2.29. The summed E-state index contributed by atoms with van der Waals surface area (Å²) in [6.07, 6.45) is 0. The van der Waals surface area contributed by atoms with E-state index in [4.69, 9.17) is 10.5 Å². The third-order valence-corrected chi connectivity index (χ3v) is 3.63. The summed E-state index contributed by atoms with van der Waals surface area (Å²) in [6, 6.07) is 5.69. The summed E-state index contributed by atoms with van der Waals surface area (Å²) >= 11 is 1.59. The molecule has 1 unspecified atom stereocenters. The van der Waals surface area contributed by atoms with Gasteiger partial charge >= 0.3 is 5.97 Å². The molecule has 94 valence electrons. The van der Waals surface area contributed by atoms with E-state index in [1.165, 1.54) is 11.1 Å². The van der Waals surface area contributed by atoms with Crippen molar-refractivity contribution in [2.24, 2.45) is 5.73 Å². The summed E-state index contributed by atoms with van der Waals surface area (Å²) in [6.45, 7) is 6.28. The molecule has 0 heterocycles. The molecule has 4 heteroatoms. The SMILES string of the molecule is CCOC(=O)C(N)CSc1ccc(C)cc1C. The number of rotatable bonds is 5. The summed E-state index contributed by atoms with van der Waals surface area (Å²) in [4.78, 5) is 12.5. The fraction of sp³-hybridized carbons (Fsp3) is 0.462. The largest absolute Gasteiger partial charge is 0.465 e. The van der Waals surface area contributed by atoms with Crippen LogP contribution in [0, 0.1) is 13.8 Å². The van der Waals surface area contributed by atoms with E-state index in [1.807, 2.05) is 0 Å². The summed E-state index contributed by atoms with van der Waals surface area (Å²) in [7, 11) is 0. The molecule has 0 aliphatic rings. The van der Waals surface area contributed by atoms with Gasteiger partial charge in [0.25, 0.3) is 0 Å². The van der Waals surface area contributed by atoms with Gasteiger partial charge in [-0.05, 0) is 32.4 Å². The van der Waals surface area contributed by atoms with Crippen molar-refractivity contribution >= 4 is 17.7 Å². The molecule has 0 spiro atoms. The number of esters is 1. The number of benzene rings is 1. The zero-order chi connectivity index (χ0) is 12.8. The Hall–Kier alpha value is -1.00. The van der Waals surface area contributed by atoms with Crippen molar-refractivity contribution in [3.05, 3.63) is 29.3 Å². The van der Waals surface area contributed by atoms with Crippen LogP contribution in [0.25, 0.3) is 0 Å². The molecule has 1 aromatic rings. The van der Waals surface area contributed by atoms with E-state index in [-0.39, 0.29) is 5.97 Å². The number of ether oxygens (including phenoxy) is 1. The summed E-state index contributed by atoms with van der Waals surface area (Å²) in [5, 5.41) is 0. The number of carbonyl (C=O) groups is 1. The first-order valence-electron chi connectivity index (χ1n) is 5.67. The zero-order valence-electron chi connectivity index (χ0n) is 10.5. The van der Waals surface area contributed by atoms with Crippen molar-refractivity contribution in [1.82, 2.24) is 0 Å². The van der Waals surface area contributed by atoms with Gasteiger partial charge in [-0.1, -0.05) is 17.7 Å². The summed E-state index contributed by atoms with van der Waals surface area (Å²) in [5.74, 6) is 0.215. The van der Waals surface area contributed by atoms with Gasteiger partial charge in [-0.3, -0.25) is 4.79 Å². The van der Waals surface area contributed by atoms with Crippen LogP contribution in [0.4, 0.5) is 0 Å². The van der Waals surface area contributed by atoms with Gasteiger partial charge in [-0.15, -0.1) is 11.8 Å². The standard InChI is InChI=1S/C13H19NO2S/c1-4-16-13(15)11(14)8-17-12-6-5-9(2)7-10(12)3/h5-7,11H,4,8,14H2,1-3H3. The number of hydrogen-bond acceptors (Lipinski definition) is 4. The summed E-state index contributed by atoms with van der Waals surface area (Å²) in [5.41, 5.74) is 8.19. The van der Waals surface area contributed by atoms with Crippen molar-refractivity contribution in [1.29, 1.82) is 0 Å². The summed E-state index contributed by atoms with van der Waals surface area (Å²) < 4.78 is 4.86. The Labute approximate surface area is 107 Å². The zero-order valence-corrected chi connectivity index (χ0v) is 11.3. The maximum absolute atomic E-state index is 11.3. The van der Waals surface area contributed by atoms with Gasteiger partial charge in [0.2, 0.25) is 0 Å². The first-order valence-corrected chi connectivity index (χ1v) is 6.65. The van der Waals surface area contributed by atoms with Gasteiger partial charge in [0.15, 0.2) is 0 Å². The van der Waals surface area contributed by atoms with E-state index in [2.05, 4.69) is 32.0 Å². The van der Waals surface area contributed by atoms with Crippen molar-refractivity contribution in [3.8, 4) is 0 Å². The van der Waals surface area contributed by atoms with Crippen molar-refractivity contribution in [2.45, 2.75) is 31.7 Å². The Balaban J connectivity index is 2.52. The van der Waals surface area contributed by atoms with Gasteiger partial charge in [0.1, 0.15) is 6.04 Å². The Morgan fingerprint density at radius 3 is 2.76 bits per heavy atom. The Bertz CT molecular complexity index is 393. The fourth-order valence-corrected chi connectivity index (χ4v) is 2.40. The van der Waals surface area contributed by atoms with E-state index >= 15 is 0 Å². The van der Waals surface area contributed by atoms with E-state index < -0.39 is 6.04 Å². The lowest BCUT2D eigenvalue weighted by atomic mass is 10.2. The molecule has 0 aromatic heterocycles. The van der Waals surface area contributed by atoms with Gasteiger partial charge in [0.05, 0.1) is 6.61 Å². The lowest BCUT2D eigenvalue weighted by molar-refractivity contribution is -0.144. The second-order valence-electron chi connectivity index (χ2n) is 3.94. The van der Waals surface area contributed by atoms with Crippen molar-refractivity contribution in [2.75, 3.05) is 12.4 Å². The van der Waals surface area contributed by atoms with Gasteiger partial charge in [-0.25, -0.2) is 0 Å². The fourth-order valence-electron chi connectivity index (χ4n) is 1.46. The molecule has 0 saturated carbocycles. The molecular formula is C13H19NO2S. The van der Waals surface area contributed by atoms with Crippen LogP contribution in [0.3, 0.4) is 0 Å². The third kappa shape index (κ3) is 4.40. The highest BCUT2D eigenvalue weighted by Crippen LogP contribution is 2.23. The first kappa shape index (κ1) is 14.1. The number of carbonyl (C=O) groups excluding carboxylic acids is 1. The smallest absolute Gasteiger partial charge is 0.323 e. The quantitative estimate of drug-likeness (QED) is 0.646. The molecule has 0 bridgehead atoms. The molecule has 1 atom stereocenters. The normalized spacial score (nSPS) is 12.2. The number of thioether (sulfide) groups is 1. The van der Waals surface area contributed by atoms with E-state index in [9.17, 15) is 4.79 Å². The molecule has 0 amide bonds. The van der Waals surface area contributed by atoms with E-state index in [0.29, 0.717) is 12.4 Å². The van der Waals surface area contributed by atoms with E-state index in [0.717, 1.165) is 4.90 Å². The molecule has 0 saturated heterocycles. The molecule has 1 rings (SSSR count). The molecule has 0 aliphatic heterocycles. The number of hydrogen-bond donors (Lipinski definition) is 1. The molecule has 2 N–H and O–H groups in total. The van der Waals surface area contributed by atoms with Crippen LogP contribution >= 0.6 is 11.8 Å². The molecule has 0 aliphatic carbocycles. The van der Waals surface area contributed by atoms with Gasteiger partial charge in [-0.2, -0.15) is 0 Å². The predicted molar refractivity (Wildman–Crippen MR) is 71.2 cm³/mol. The lowest BCUT2D eigenvalue weighted by Gasteiger charge is -2.11. The van der Waals surface area contributed by atoms with Gasteiger partial charge in [0, 0.05) is 10.6 Å². The molecule has 1 aromatic carbocycles. The highest BCUT2D eigenvalue weighted by molar-refractivity contribution is 7.99. The third-order valence-electron chi connectivity index (χ3n) is 2.34. The van der Waals surface area contributed by atoms with Crippen molar-refractivity contribution < 1.29 is 9.53 Å². The van der Waals surface area contributed by atoms with Crippen LogP contribution in [0.1, 0.15) is 18.1 Å². The van der Waals surface area contributed by atoms with Gasteiger partial charge < -0.3 is 10.5 Å². The molecule has 3 nitrogen and oxygen atoms in total. The number of nitrogens with two attached hydrogens (primary N) is 1. The van der Waals surface area contributed by atoms with Crippen LogP contribution in [-0.4, -0.2) is 24.4 Å². The van der Waals surface area contributed by atoms with Crippen LogP contribution in [0.2, 0.25) is 0 Å². The second kappa shape index (κ2) is 6.67. The Kier molecular flexibility index (Phi) is 5.51. The van der Waals surface area contributed by atoms with Crippen LogP contribution in [0.5, 0.6) is 0 Å². The minimum atomic E-state index is -0.555. The Morgan fingerprint density at radius 2 is 2.18 bits per heavy atom. The molecular weight excluding hydrogens is 234 g/mol. The molecule has 0 radical (unpaired) electrons. The highest BCUT2D eigenvalue weighted by Gasteiger charge is 2.15. The topological polar surface area (TPSA) is 52.3 Å². The van der Waals surface area contributed by atoms with Crippen LogP contribution < -0.4 is 5.73 Å². The van der Waals surface area contributed by atoms with Crippen LogP contribution in [-0.2, 0) is 9.53 Å². The maximum Gasteiger partial charge on any atom is 0.323 e. The first-order chi connectivity index (χ1) is 8.04. The minimum absolute atomic E-state index is 0.329. The molecule has 17 heavy (non-hydrogen) atoms. The average molecular weight is 253 g/mol.